The van der Waals surface area contributed by atoms with Gasteiger partial charge in [0.2, 0.25) is 5.78 Å². The maximum atomic E-state index is 11.5. The van der Waals surface area contributed by atoms with Gasteiger partial charge in [0, 0.05) is 18.7 Å². The van der Waals surface area contributed by atoms with Gasteiger partial charge in [-0.15, -0.1) is 0 Å². The molecule has 0 N–H and O–H groups in total. The Morgan fingerprint density at radius 3 is 2.62 bits per heavy atom. The number of rotatable bonds is 2. The number of halogens is 1. The zero-order valence-corrected chi connectivity index (χ0v) is 9.45. The number of amides is 1. The highest BCUT2D eigenvalue weighted by molar-refractivity contribution is 6.43. The summed E-state index contributed by atoms with van der Waals surface area (Å²) in [6, 6.07) is 5.01. The predicted octanol–water partition coefficient (Wildman–Crippen LogP) is 1.65. The second kappa shape index (κ2) is 4.14. The lowest BCUT2D eigenvalue weighted by Crippen LogP contribution is -2.26. The molecule has 0 bridgehead atoms. The van der Waals surface area contributed by atoms with Crippen molar-refractivity contribution in [1.82, 2.24) is 0 Å². The molecule has 0 atom stereocenters. The van der Waals surface area contributed by atoms with E-state index in [0.29, 0.717) is 23.0 Å². The minimum atomic E-state index is -0.471. The standard InChI is InChI=1S/C11H10ClNO3/c1-16-10-3-2-7(6-8(10)12)13-5-4-9(14)11(13)15/h2-3,6H,4-5H2,1H3. The lowest BCUT2D eigenvalue weighted by Gasteiger charge is -2.15. The van der Waals surface area contributed by atoms with E-state index in [1.54, 1.807) is 18.2 Å². The van der Waals surface area contributed by atoms with Crippen LogP contribution in [0.4, 0.5) is 5.69 Å². The molecule has 0 aliphatic carbocycles. The lowest BCUT2D eigenvalue weighted by atomic mass is 10.3. The van der Waals surface area contributed by atoms with Crippen LogP contribution in [0.15, 0.2) is 18.2 Å². The average Bonchev–Trinajstić information content (AvgIpc) is 2.60. The van der Waals surface area contributed by atoms with E-state index < -0.39 is 5.91 Å². The first kappa shape index (κ1) is 11.0. The Morgan fingerprint density at radius 2 is 2.12 bits per heavy atom. The van der Waals surface area contributed by atoms with Gasteiger partial charge >= 0.3 is 0 Å². The SMILES string of the molecule is COc1ccc(N2CCC(=O)C2=O)cc1Cl. The van der Waals surface area contributed by atoms with E-state index in [-0.39, 0.29) is 12.2 Å². The summed E-state index contributed by atoms with van der Waals surface area (Å²) >= 11 is 5.94. The van der Waals surface area contributed by atoms with Gasteiger partial charge in [-0.1, -0.05) is 11.6 Å². The number of ketones is 1. The molecule has 84 valence electrons. The second-order valence-corrected chi connectivity index (χ2v) is 3.86. The zero-order valence-electron chi connectivity index (χ0n) is 8.70. The topological polar surface area (TPSA) is 46.6 Å². The van der Waals surface area contributed by atoms with Crippen LogP contribution in [0, 0.1) is 0 Å². The molecule has 1 aromatic rings. The van der Waals surface area contributed by atoms with Crippen molar-refractivity contribution in [2.75, 3.05) is 18.6 Å². The van der Waals surface area contributed by atoms with Gasteiger partial charge in [-0.2, -0.15) is 0 Å². The average molecular weight is 240 g/mol. The van der Waals surface area contributed by atoms with E-state index in [4.69, 9.17) is 16.3 Å². The van der Waals surface area contributed by atoms with Crippen LogP contribution in [0.25, 0.3) is 0 Å². The van der Waals surface area contributed by atoms with Gasteiger partial charge in [0.15, 0.2) is 0 Å². The van der Waals surface area contributed by atoms with Crippen LogP contribution < -0.4 is 9.64 Å². The van der Waals surface area contributed by atoms with Crippen LogP contribution in [0.1, 0.15) is 6.42 Å². The fraction of sp³-hybridized carbons (Fsp3) is 0.273. The maximum absolute atomic E-state index is 11.5. The minimum Gasteiger partial charge on any atom is -0.495 e. The first-order chi connectivity index (χ1) is 7.63. The number of hydrogen-bond acceptors (Lipinski definition) is 3. The Bertz CT molecular complexity index is 459. The molecule has 16 heavy (non-hydrogen) atoms. The van der Waals surface area contributed by atoms with E-state index in [0.717, 1.165) is 0 Å². The Kier molecular flexibility index (Phi) is 2.83. The number of Topliss-reactive ketones (excluding diaryl/α,β-unsaturated/α-hetero) is 1. The Labute approximate surface area is 97.7 Å². The molecule has 0 aromatic heterocycles. The Balaban J connectivity index is 2.32. The molecule has 1 heterocycles. The molecule has 0 saturated carbocycles. The van der Waals surface area contributed by atoms with Crippen molar-refractivity contribution >= 4 is 29.0 Å². The van der Waals surface area contributed by atoms with Crippen molar-refractivity contribution in [2.24, 2.45) is 0 Å². The molecule has 0 radical (unpaired) electrons. The molecule has 1 aliphatic rings. The van der Waals surface area contributed by atoms with E-state index in [1.807, 2.05) is 0 Å². The molecule has 2 rings (SSSR count). The van der Waals surface area contributed by atoms with Gasteiger partial charge in [-0.25, -0.2) is 0 Å². The van der Waals surface area contributed by atoms with Crippen LogP contribution in [-0.2, 0) is 9.59 Å². The number of hydrogen-bond donors (Lipinski definition) is 0. The summed E-state index contributed by atoms with van der Waals surface area (Å²) in [5.41, 5.74) is 0.627. The van der Waals surface area contributed by atoms with Crippen molar-refractivity contribution in [3.8, 4) is 5.75 Å². The van der Waals surface area contributed by atoms with E-state index in [2.05, 4.69) is 0 Å². The molecular formula is C11H10ClNO3. The largest absolute Gasteiger partial charge is 0.495 e. The Morgan fingerprint density at radius 1 is 1.38 bits per heavy atom. The molecule has 1 fully saturated rings. The van der Waals surface area contributed by atoms with Crippen LogP contribution >= 0.6 is 11.6 Å². The van der Waals surface area contributed by atoms with Gasteiger partial charge in [0.05, 0.1) is 12.1 Å². The third kappa shape index (κ3) is 1.76. The summed E-state index contributed by atoms with van der Waals surface area (Å²) in [7, 11) is 1.52. The fourth-order valence-electron chi connectivity index (χ4n) is 1.64. The van der Waals surface area contributed by atoms with Crippen molar-refractivity contribution in [3.05, 3.63) is 23.2 Å². The molecule has 1 aliphatic heterocycles. The highest BCUT2D eigenvalue weighted by Crippen LogP contribution is 2.30. The van der Waals surface area contributed by atoms with Crippen molar-refractivity contribution < 1.29 is 14.3 Å². The summed E-state index contributed by atoms with van der Waals surface area (Å²) in [4.78, 5) is 24.0. The van der Waals surface area contributed by atoms with E-state index in [1.165, 1.54) is 12.0 Å². The summed E-state index contributed by atoms with van der Waals surface area (Å²) < 4.78 is 5.01. The van der Waals surface area contributed by atoms with E-state index in [9.17, 15) is 9.59 Å². The Hall–Kier alpha value is -1.55. The number of carbonyl (C=O) groups is 2. The quantitative estimate of drug-likeness (QED) is 0.738. The highest BCUT2D eigenvalue weighted by Gasteiger charge is 2.30. The predicted molar refractivity (Wildman–Crippen MR) is 60.0 cm³/mol. The van der Waals surface area contributed by atoms with Gasteiger partial charge in [0.25, 0.3) is 5.91 Å². The van der Waals surface area contributed by atoms with Gasteiger partial charge in [0.1, 0.15) is 5.75 Å². The normalized spacial score (nSPS) is 15.8. The van der Waals surface area contributed by atoms with Crippen LogP contribution in [0.2, 0.25) is 5.02 Å². The molecular weight excluding hydrogens is 230 g/mol. The smallest absolute Gasteiger partial charge is 0.294 e. The number of carbonyl (C=O) groups excluding carboxylic acids is 2. The second-order valence-electron chi connectivity index (χ2n) is 3.45. The molecule has 1 amide bonds. The fourth-order valence-corrected chi connectivity index (χ4v) is 1.89. The molecule has 5 heteroatoms. The third-order valence-corrected chi connectivity index (χ3v) is 2.79. The van der Waals surface area contributed by atoms with Crippen molar-refractivity contribution in [1.29, 1.82) is 0 Å². The third-order valence-electron chi connectivity index (χ3n) is 2.49. The summed E-state index contributed by atoms with van der Waals surface area (Å²) in [6.07, 6.45) is 0.266. The maximum Gasteiger partial charge on any atom is 0.294 e. The number of nitrogens with zero attached hydrogens (tertiary/aromatic N) is 1. The first-order valence-electron chi connectivity index (χ1n) is 4.81. The van der Waals surface area contributed by atoms with Crippen molar-refractivity contribution in [2.45, 2.75) is 6.42 Å². The number of benzene rings is 1. The first-order valence-corrected chi connectivity index (χ1v) is 5.19. The summed E-state index contributed by atoms with van der Waals surface area (Å²) in [5.74, 6) is -0.281. The summed E-state index contributed by atoms with van der Waals surface area (Å²) in [5, 5.41) is 0.423. The van der Waals surface area contributed by atoms with Crippen LogP contribution in [0.5, 0.6) is 5.75 Å². The van der Waals surface area contributed by atoms with E-state index >= 15 is 0 Å². The molecule has 1 aromatic carbocycles. The van der Waals surface area contributed by atoms with Crippen LogP contribution in [0.3, 0.4) is 0 Å². The highest BCUT2D eigenvalue weighted by atomic mass is 35.5. The number of methoxy groups -OCH3 is 1. The molecule has 0 unspecified atom stereocenters. The van der Waals surface area contributed by atoms with Crippen LogP contribution in [-0.4, -0.2) is 25.3 Å². The van der Waals surface area contributed by atoms with Gasteiger partial charge in [-0.3, -0.25) is 9.59 Å². The van der Waals surface area contributed by atoms with Gasteiger partial charge in [-0.05, 0) is 18.2 Å². The summed E-state index contributed by atoms with van der Waals surface area (Å²) in [6.45, 7) is 0.417. The molecule has 4 nitrogen and oxygen atoms in total. The zero-order chi connectivity index (χ0) is 11.7. The minimum absolute atomic E-state index is 0.266. The van der Waals surface area contributed by atoms with Gasteiger partial charge < -0.3 is 9.64 Å². The monoisotopic (exact) mass is 239 g/mol. The molecule has 0 spiro atoms. The number of anilines is 1. The lowest BCUT2D eigenvalue weighted by molar-refractivity contribution is -0.133. The number of ether oxygens (including phenoxy) is 1. The van der Waals surface area contributed by atoms with Crippen molar-refractivity contribution in [3.63, 3.8) is 0 Å². The molecule has 1 saturated heterocycles.